The summed E-state index contributed by atoms with van der Waals surface area (Å²) in [5, 5.41) is 9.57. The van der Waals surface area contributed by atoms with Crippen molar-refractivity contribution in [3.8, 4) is 5.75 Å². The Bertz CT molecular complexity index is 300. The minimum Gasteiger partial charge on any atom is -0.497 e. The van der Waals surface area contributed by atoms with Crippen LogP contribution in [0.5, 0.6) is 5.75 Å². The van der Waals surface area contributed by atoms with Crippen LogP contribution in [0.25, 0.3) is 0 Å². The van der Waals surface area contributed by atoms with Crippen molar-refractivity contribution < 1.29 is 9.84 Å². The Morgan fingerprint density at radius 3 is 2.67 bits per heavy atom. The number of rotatable bonds is 5. The molecule has 0 spiro atoms. The monoisotopic (exact) mass is 208 g/mol. The Kier molecular flexibility index (Phi) is 4.15. The summed E-state index contributed by atoms with van der Waals surface area (Å²) < 4.78 is 5.15. The van der Waals surface area contributed by atoms with E-state index in [1.54, 1.807) is 7.11 Å². The third-order valence-electron chi connectivity index (χ3n) is 2.39. The third-order valence-corrected chi connectivity index (χ3v) is 2.39. The standard InChI is InChI=1S/C13H20O2/c1-13(2,14)9-5-7-11-6-4-8-12(10-11)15-3/h4,6,8,10,14H,5,7,9H2,1-3H3. The molecule has 0 bridgehead atoms. The van der Waals surface area contributed by atoms with Crippen LogP contribution in [0, 0.1) is 0 Å². The number of hydrogen-bond acceptors (Lipinski definition) is 2. The molecule has 0 saturated carbocycles. The Labute approximate surface area is 91.9 Å². The molecular weight excluding hydrogens is 188 g/mol. The van der Waals surface area contributed by atoms with E-state index in [2.05, 4.69) is 6.07 Å². The number of hydrogen-bond donors (Lipinski definition) is 1. The van der Waals surface area contributed by atoms with Crippen molar-refractivity contribution in [2.75, 3.05) is 7.11 Å². The molecule has 2 nitrogen and oxygen atoms in total. The first kappa shape index (κ1) is 12.1. The third kappa shape index (κ3) is 4.84. The van der Waals surface area contributed by atoms with Crippen molar-refractivity contribution in [1.29, 1.82) is 0 Å². The average molecular weight is 208 g/mol. The minimum absolute atomic E-state index is 0.557. The van der Waals surface area contributed by atoms with E-state index >= 15 is 0 Å². The van der Waals surface area contributed by atoms with Gasteiger partial charge in [0.15, 0.2) is 0 Å². The van der Waals surface area contributed by atoms with E-state index in [-0.39, 0.29) is 0 Å². The molecule has 1 aromatic carbocycles. The molecule has 0 amide bonds. The van der Waals surface area contributed by atoms with Crippen molar-refractivity contribution in [3.05, 3.63) is 29.8 Å². The highest BCUT2D eigenvalue weighted by molar-refractivity contribution is 5.28. The Morgan fingerprint density at radius 2 is 2.07 bits per heavy atom. The number of aryl methyl sites for hydroxylation is 1. The van der Waals surface area contributed by atoms with Gasteiger partial charge in [-0.05, 0) is 50.8 Å². The van der Waals surface area contributed by atoms with E-state index in [0.29, 0.717) is 0 Å². The first-order valence-electron chi connectivity index (χ1n) is 5.36. The molecule has 0 fully saturated rings. The highest BCUT2D eigenvalue weighted by atomic mass is 16.5. The van der Waals surface area contributed by atoms with Gasteiger partial charge in [0.25, 0.3) is 0 Å². The van der Waals surface area contributed by atoms with E-state index in [1.165, 1.54) is 5.56 Å². The molecular formula is C13H20O2. The van der Waals surface area contributed by atoms with Crippen LogP contribution in [0.4, 0.5) is 0 Å². The SMILES string of the molecule is COc1cccc(CCCC(C)(C)O)c1. The van der Waals surface area contributed by atoms with Crippen LogP contribution < -0.4 is 4.74 Å². The molecule has 0 unspecified atom stereocenters. The topological polar surface area (TPSA) is 29.5 Å². The lowest BCUT2D eigenvalue weighted by atomic mass is 9.99. The second-order valence-electron chi connectivity index (χ2n) is 4.52. The van der Waals surface area contributed by atoms with Crippen LogP contribution in [0.3, 0.4) is 0 Å². The first-order chi connectivity index (χ1) is 7.01. The summed E-state index contributed by atoms with van der Waals surface area (Å²) in [6.45, 7) is 3.69. The summed E-state index contributed by atoms with van der Waals surface area (Å²) in [5.41, 5.74) is 0.706. The van der Waals surface area contributed by atoms with Crippen molar-refractivity contribution in [3.63, 3.8) is 0 Å². The van der Waals surface area contributed by atoms with Crippen LogP contribution in [0.1, 0.15) is 32.3 Å². The van der Waals surface area contributed by atoms with Gasteiger partial charge in [-0.2, -0.15) is 0 Å². The van der Waals surface area contributed by atoms with Gasteiger partial charge in [-0.3, -0.25) is 0 Å². The van der Waals surface area contributed by atoms with Crippen molar-refractivity contribution in [2.24, 2.45) is 0 Å². The fourth-order valence-corrected chi connectivity index (χ4v) is 1.55. The van der Waals surface area contributed by atoms with Gasteiger partial charge in [0.05, 0.1) is 12.7 Å². The maximum absolute atomic E-state index is 9.57. The van der Waals surface area contributed by atoms with Crippen molar-refractivity contribution in [2.45, 2.75) is 38.7 Å². The summed E-state index contributed by atoms with van der Waals surface area (Å²) in [5.74, 6) is 0.899. The Hall–Kier alpha value is -1.02. The summed E-state index contributed by atoms with van der Waals surface area (Å²) in [4.78, 5) is 0. The maximum Gasteiger partial charge on any atom is 0.119 e. The molecule has 0 aliphatic rings. The lowest BCUT2D eigenvalue weighted by Gasteiger charge is -2.16. The molecule has 0 atom stereocenters. The van der Waals surface area contributed by atoms with Crippen molar-refractivity contribution >= 4 is 0 Å². The van der Waals surface area contributed by atoms with E-state index in [4.69, 9.17) is 4.74 Å². The zero-order valence-corrected chi connectivity index (χ0v) is 9.79. The van der Waals surface area contributed by atoms with Gasteiger partial charge in [-0.1, -0.05) is 12.1 Å². The number of benzene rings is 1. The average Bonchev–Trinajstić information content (AvgIpc) is 2.16. The molecule has 0 heterocycles. The lowest BCUT2D eigenvalue weighted by Crippen LogP contribution is -2.18. The zero-order valence-electron chi connectivity index (χ0n) is 9.79. The number of methoxy groups -OCH3 is 1. The molecule has 1 rings (SSSR count). The molecule has 0 aliphatic heterocycles. The van der Waals surface area contributed by atoms with E-state index in [0.717, 1.165) is 25.0 Å². The van der Waals surface area contributed by atoms with Gasteiger partial charge in [0.2, 0.25) is 0 Å². The van der Waals surface area contributed by atoms with E-state index in [9.17, 15) is 5.11 Å². The normalized spacial score (nSPS) is 11.5. The summed E-state index contributed by atoms with van der Waals surface area (Å²) >= 11 is 0. The Balaban J connectivity index is 2.44. The quantitative estimate of drug-likeness (QED) is 0.806. The van der Waals surface area contributed by atoms with Gasteiger partial charge in [-0.25, -0.2) is 0 Å². The summed E-state index contributed by atoms with van der Waals surface area (Å²) in [6.07, 6.45) is 2.81. The fraction of sp³-hybridized carbons (Fsp3) is 0.538. The van der Waals surface area contributed by atoms with Gasteiger partial charge in [-0.15, -0.1) is 0 Å². The van der Waals surface area contributed by atoms with Crippen LogP contribution in [0.15, 0.2) is 24.3 Å². The minimum atomic E-state index is -0.557. The van der Waals surface area contributed by atoms with Crippen LogP contribution in [0.2, 0.25) is 0 Å². The van der Waals surface area contributed by atoms with E-state index < -0.39 is 5.60 Å². The molecule has 0 aliphatic carbocycles. The van der Waals surface area contributed by atoms with Gasteiger partial charge in [0, 0.05) is 0 Å². The molecule has 0 radical (unpaired) electrons. The van der Waals surface area contributed by atoms with Gasteiger partial charge >= 0.3 is 0 Å². The van der Waals surface area contributed by atoms with Crippen LogP contribution >= 0.6 is 0 Å². The number of aliphatic hydroxyl groups is 1. The highest BCUT2D eigenvalue weighted by Crippen LogP contribution is 2.17. The van der Waals surface area contributed by atoms with Gasteiger partial charge in [0.1, 0.15) is 5.75 Å². The molecule has 0 aromatic heterocycles. The fourth-order valence-electron chi connectivity index (χ4n) is 1.55. The zero-order chi connectivity index (χ0) is 11.3. The van der Waals surface area contributed by atoms with Crippen molar-refractivity contribution in [1.82, 2.24) is 0 Å². The second kappa shape index (κ2) is 5.17. The van der Waals surface area contributed by atoms with E-state index in [1.807, 2.05) is 32.0 Å². The summed E-state index contributed by atoms with van der Waals surface area (Å²) in [6, 6.07) is 8.08. The maximum atomic E-state index is 9.57. The molecule has 0 saturated heterocycles. The Morgan fingerprint density at radius 1 is 1.33 bits per heavy atom. The predicted molar refractivity (Wildman–Crippen MR) is 62.2 cm³/mol. The van der Waals surface area contributed by atoms with Crippen LogP contribution in [-0.2, 0) is 6.42 Å². The molecule has 2 heteroatoms. The smallest absolute Gasteiger partial charge is 0.119 e. The molecule has 84 valence electrons. The highest BCUT2D eigenvalue weighted by Gasteiger charge is 2.11. The largest absolute Gasteiger partial charge is 0.497 e. The molecule has 1 aromatic rings. The number of ether oxygens (including phenoxy) is 1. The molecule has 15 heavy (non-hydrogen) atoms. The molecule has 1 N–H and O–H groups in total. The second-order valence-corrected chi connectivity index (χ2v) is 4.52. The van der Waals surface area contributed by atoms with Gasteiger partial charge < -0.3 is 9.84 Å². The van der Waals surface area contributed by atoms with Crippen LogP contribution in [-0.4, -0.2) is 17.8 Å². The predicted octanol–water partition coefficient (Wildman–Crippen LogP) is 2.79. The lowest BCUT2D eigenvalue weighted by molar-refractivity contribution is 0.0689. The first-order valence-corrected chi connectivity index (χ1v) is 5.36. The summed E-state index contributed by atoms with van der Waals surface area (Å²) in [7, 11) is 1.68.